The molecule has 0 spiro atoms. The van der Waals surface area contributed by atoms with Crippen LogP contribution in [0.25, 0.3) is 22.3 Å². The van der Waals surface area contributed by atoms with E-state index < -0.39 is 46.3 Å². The van der Waals surface area contributed by atoms with Crippen LogP contribution in [0.4, 0.5) is 8.78 Å². The SMILES string of the molecule is CC(C(=O)O)(C(=O)O)c1ccc(-c2ccc(-c3ccc(C(C)(C(=O)O)C(=O)O)cc3F)cc2)c(F)c1. The molecule has 0 radical (unpaired) electrons. The molecule has 0 unspecified atom stereocenters. The number of hydrogen-bond donors (Lipinski definition) is 4. The monoisotopic (exact) mass is 498 g/mol. The molecule has 3 aromatic rings. The lowest BCUT2D eigenvalue weighted by Crippen LogP contribution is -2.40. The van der Waals surface area contributed by atoms with Crippen molar-refractivity contribution in [3.05, 3.63) is 83.4 Å². The zero-order chi connectivity index (χ0) is 27.0. The molecule has 0 aliphatic heterocycles. The van der Waals surface area contributed by atoms with E-state index in [-0.39, 0.29) is 22.3 Å². The van der Waals surface area contributed by atoms with Crippen molar-refractivity contribution in [1.29, 1.82) is 0 Å². The number of rotatable bonds is 8. The Kier molecular flexibility index (Phi) is 6.66. The van der Waals surface area contributed by atoms with Crippen LogP contribution in [0.2, 0.25) is 0 Å². The minimum absolute atomic E-state index is 0.0536. The number of carboxylic acid groups (broad SMARTS) is 4. The molecule has 0 heterocycles. The average Bonchev–Trinajstić information content (AvgIpc) is 2.82. The fourth-order valence-electron chi connectivity index (χ4n) is 3.63. The summed E-state index contributed by atoms with van der Waals surface area (Å²) in [5.41, 5.74) is -4.40. The largest absolute Gasteiger partial charge is 0.480 e. The molecule has 186 valence electrons. The Bertz CT molecular complexity index is 1260. The molecule has 0 fully saturated rings. The molecule has 4 N–H and O–H groups in total. The Morgan fingerprint density at radius 3 is 1.06 bits per heavy atom. The third kappa shape index (κ3) is 4.17. The average molecular weight is 498 g/mol. The zero-order valence-electron chi connectivity index (χ0n) is 19.0. The maximum atomic E-state index is 14.8. The summed E-state index contributed by atoms with van der Waals surface area (Å²) < 4.78 is 29.7. The molecule has 0 atom stereocenters. The van der Waals surface area contributed by atoms with Gasteiger partial charge < -0.3 is 20.4 Å². The molecule has 36 heavy (non-hydrogen) atoms. The summed E-state index contributed by atoms with van der Waals surface area (Å²) in [5, 5.41) is 37.3. The summed E-state index contributed by atoms with van der Waals surface area (Å²) in [7, 11) is 0. The Hall–Kier alpha value is -4.60. The van der Waals surface area contributed by atoms with Gasteiger partial charge in [-0.2, -0.15) is 0 Å². The molecule has 10 heteroatoms. The fraction of sp³-hybridized carbons (Fsp3) is 0.154. The molecule has 0 saturated carbocycles. The second kappa shape index (κ2) is 9.21. The number of hydrogen-bond acceptors (Lipinski definition) is 4. The van der Waals surface area contributed by atoms with Gasteiger partial charge in [0.15, 0.2) is 10.8 Å². The van der Waals surface area contributed by atoms with Gasteiger partial charge in [-0.25, -0.2) is 8.78 Å². The highest BCUT2D eigenvalue weighted by Gasteiger charge is 2.44. The molecule has 3 rings (SSSR count). The van der Waals surface area contributed by atoms with E-state index in [9.17, 15) is 48.4 Å². The molecule has 0 saturated heterocycles. The van der Waals surface area contributed by atoms with E-state index in [1.54, 1.807) is 0 Å². The Morgan fingerprint density at radius 2 is 0.833 bits per heavy atom. The molecule has 0 aromatic heterocycles. The second-order valence-electron chi connectivity index (χ2n) is 8.44. The van der Waals surface area contributed by atoms with Crippen molar-refractivity contribution in [2.75, 3.05) is 0 Å². The Balaban J connectivity index is 1.96. The van der Waals surface area contributed by atoms with E-state index in [0.29, 0.717) is 11.1 Å². The van der Waals surface area contributed by atoms with Gasteiger partial charge in [-0.3, -0.25) is 19.2 Å². The summed E-state index contributed by atoms with van der Waals surface area (Å²) in [5.74, 6) is -8.30. The van der Waals surface area contributed by atoms with Crippen molar-refractivity contribution in [2.45, 2.75) is 24.7 Å². The van der Waals surface area contributed by atoms with Crippen molar-refractivity contribution >= 4 is 23.9 Å². The number of carbonyl (C=O) groups is 4. The first-order chi connectivity index (χ1) is 16.7. The van der Waals surface area contributed by atoms with Crippen LogP contribution in [0, 0.1) is 11.6 Å². The molecule has 0 bridgehead atoms. The Labute approximate surface area is 203 Å². The standard InChI is InChI=1S/C26H20F2O8/c1-25(21(29)30,22(31)32)15-7-9-17(19(27)11-15)13-3-5-14(6-4-13)18-10-8-16(12-20(18)28)26(2,23(33)34)24(35)36/h3-12H,1-2H3,(H,29,30)(H,31,32)(H,33,34)(H,35,36). The highest BCUT2D eigenvalue weighted by molar-refractivity contribution is 6.05. The van der Waals surface area contributed by atoms with E-state index >= 15 is 0 Å². The van der Waals surface area contributed by atoms with E-state index in [0.717, 1.165) is 26.0 Å². The maximum Gasteiger partial charge on any atom is 0.325 e. The van der Waals surface area contributed by atoms with Crippen molar-refractivity contribution in [3.63, 3.8) is 0 Å². The predicted octanol–water partition coefficient (Wildman–Crippen LogP) is 4.15. The van der Waals surface area contributed by atoms with Crippen LogP contribution < -0.4 is 0 Å². The third-order valence-corrected chi connectivity index (χ3v) is 6.31. The maximum absolute atomic E-state index is 14.8. The van der Waals surface area contributed by atoms with Gasteiger partial charge in [0.25, 0.3) is 0 Å². The van der Waals surface area contributed by atoms with Gasteiger partial charge >= 0.3 is 23.9 Å². The van der Waals surface area contributed by atoms with Crippen molar-refractivity contribution < 1.29 is 48.4 Å². The van der Waals surface area contributed by atoms with Crippen LogP contribution in [0.15, 0.2) is 60.7 Å². The van der Waals surface area contributed by atoms with Crippen LogP contribution in [-0.4, -0.2) is 44.3 Å². The summed E-state index contributed by atoms with van der Waals surface area (Å²) >= 11 is 0. The molecule has 0 aliphatic carbocycles. The van der Waals surface area contributed by atoms with E-state index in [1.807, 2.05) is 0 Å². The van der Waals surface area contributed by atoms with E-state index in [4.69, 9.17) is 0 Å². The van der Waals surface area contributed by atoms with Gasteiger partial charge in [-0.15, -0.1) is 0 Å². The quantitative estimate of drug-likeness (QED) is 0.339. The molecule has 3 aromatic carbocycles. The minimum atomic E-state index is -2.34. The van der Waals surface area contributed by atoms with Crippen LogP contribution >= 0.6 is 0 Å². The predicted molar refractivity (Wildman–Crippen MR) is 122 cm³/mol. The second-order valence-corrected chi connectivity index (χ2v) is 8.44. The van der Waals surface area contributed by atoms with Crippen molar-refractivity contribution in [1.82, 2.24) is 0 Å². The first kappa shape index (κ1) is 26.0. The zero-order valence-corrected chi connectivity index (χ0v) is 19.0. The molecular formula is C26H20F2O8. The molecule has 0 amide bonds. The first-order valence-electron chi connectivity index (χ1n) is 10.4. The van der Waals surface area contributed by atoms with Crippen molar-refractivity contribution in [2.24, 2.45) is 0 Å². The first-order valence-corrected chi connectivity index (χ1v) is 10.4. The third-order valence-electron chi connectivity index (χ3n) is 6.31. The normalized spacial score (nSPS) is 11.7. The highest BCUT2D eigenvalue weighted by Crippen LogP contribution is 2.33. The number of aliphatic carboxylic acids is 4. The lowest BCUT2D eigenvalue weighted by atomic mass is 9.81. The number of benzene rings is 3. The van der Waals surface area contributed by atoms with Gasteiger partial charge in [-0.1, -0.05) is 48.5 Å². The summed E-state index contributed by atoms with van der Waals surface area (Å²) in [6, 6.07) is 12.4. The van der Waals surface area contributed by atoms with E-state index in [1.165, 1.54) is 48.5 Å². The van der Waals surface area contributed by atoms with Crippen LogP contribution in [-0.2, 0) is 30.0 Å². The van der Waals surface area contributed by atoms with Crippen LogP contribution in [0.1, 0.15) is 25.0 Å². The smallest absolute Gasteiger partial charge is 0.325 e. The number of carboxylic acids is 4. The molecule has 0 aliphatic rings. The summed E-state index contributed by atoms with van der Waals surface area (Å²) in [6.45, 7) is 1.91. The van der Waals surface area contributed by atoms with Crippen molar-refractivity contribution in [3.8, 4) is 22.3 Å². The van der Waals surface area contributed by atoms with Gasteiger partial charge in [0.05, 0.1) is 0 Å². The lowest BCUT2D eigenvalue weighted by Gasteiger charge is -2.21. The van der Waals surface area contributed by atoms with Crippen LogP contribution in [0.3, 0.4) is 0 Å². The molecule has 8 nitrogen and oxygen atoms in total. The van der Waals surface area contributed by atoms with Gasteiger partial charge in [-0.05, 0) is 48.2 Å². The summed E-state index contributed by atoms with van der Waals surface area (Å²) in [4.78, 5) is 45.9. The Morgan fingerprint density at radius 1 is 0.556 bits per heavy atom. The summed E-state index contributed by atoms with van der Waals surface area (Å²) in [6.07, 6.45) is 0. The highest BCUT2D eigenvalue weighted by atomic mass is 19.1. The van der Waals surface area contributed by atoms with Gasteiger partial charge in [0.1, 0.15) is 11.6 Å². The minimum Gasteiger partial charge on any atom is -0.480 e. The fourth-order valence-corrected chi connectivity index (χ4v) is 3.63. The lowest BCUT2D eigenvalue weighted by molar-refractivity contribution is -0.158. The van der Waals surface area contributed by atoms with Gasteiger partial charge in [0, 0.05) is 11.1 Å². The van der Waals surface area contributed by atoms with Crippen LogP contribution in [0.5, 0.6) is 0 Å². The number of halogens is 2. The topological polar surface area (TPSA) is 149 Å². The van der Waals surface area contributed by atoms with Gasteiger partial charge in [0.2, 0.25) is 0 Å². The van der Waals surface area contributed by atoms with E-state index in [2.05, 4.69) is 0 Å². The molecular weight excluding hydrogens is 478 g/mol.